The maximum absolute atomic E-state index is 12.4. The predicted octanol–water partition coefficient (Wildman–Crippen LogP) is 2.91. The summed E-state index contributed by atoms with van der Waals surface area (Å²) >= 11 is 0. The summed E-state index contributed by atoms with van der Waals surface area (Å²) < 4.78 is 4.81. The molecule has 0 bridgehead atoms. The van der Waals surface area contributed by atoms with Crippen molar-refractivity contribution < 1.29 is 14.3 Å². The van der Waals surface area contributed by atoms with E-state index in [-0.39, 0.29) is 11.8 Å². The molecule has 1 aliphatic rings. The average Bonchev–Trinajstić information content (AvgIpc) is 2.95. The van der Waals surface area contributed by atoms with Crippen molar-refractivity contribution in [2.45, 2.75) is 32.6 Å². The highest BCUT2D eigenvalue weighted by atomic mass is 16.5. The zero-order chi connectivity index (χ0) is 14.5. The molecule has 0 unspecified atom stereocenters. The molecule has 0 aliphatic heterocycles. The second-order valence-corrected chi connectivity index (χ2v) is 5.35. The first-order valence-corrected chi connectivity index (χ1v) is 7.08. The van der Waals surface area contributed by atoms with Crippen LogP contribution in [0.5, 0.6) is 0 Å². The van der Waals surface area contributed by atoms with Crippen LogP contribution in [0.25, 0.3) is 0 Å². The highest BCUT2D eigenvalue weighted by Gasteiger charge is 2.37. The summed E-state index contributed by atoms with van der Waals surface area (Å²) in [7, 11) is 1.34. The Kier molecular flexibility index (Phi) is 4.77. The van der Waals surface area contributed by atoms with Gasteiger partial charge in [0, 0.05) is 5.69 Å². The van der Waals surface area contributed by atoms with Gasteiger partial charge in [0.1, 0.15) is 5.92 Å². The van der Waals surface area contributed by atoms with Gasteiger partial charge >= 0.3 is 5.97 Å². The highest BCUT2D eigenvalue weighted by Crippen LogP contribution is 2.33. The van der Waals surface area contributed by atoms with Gasteiger partial charge in [-0.15, -0.1) is 0 Å². The van der Waals surface area contributed by atoms with E-state index in [0.717, 1.165) is 36.9 Å². The van der Waals surface area contributed by atoms with E-state index in [4.69, 9.17) is 4.74 Å². The molecule has 0 spiro atoms. The molecule has 0 aromatic heterocycles. The van der Waals surface area contributed by atoms with E-state index in [9.17, 15) is 9.59 Å². The van der Waals surface area contributed by atoms with Crippen molar-refractivity contribution in [3.63, 3.8) is 0 Å². The van der Waals surface area contributed by atoms with Gasteiger partial charge in [-0.3, -0.25) is 9.59 Å². The average molecular weight is 275 g/mol. The molecule has 1 atom stereocenters. The van der Waals surface area contributed by atoms with E-state index >= 15 is 0 Å². The summed E-state index contributed by atoms with van der Waals surface area (Å²) in [6.45, 7) is 1.93. The maximum Gasteiger partial charge on any atom is 0.318 e. The van der Waals surface area contributed by atoms with E-state index in [1.807, 2.05) is 31.2 Å². The van der Waals surface area contributed by atoms with Crippen LogP contribution in [0.15, 0.2) is 24.3 Å². The Balaban J connectivity index is 2.14. The number of para-hydroxylation sites is 1. The van der Waals surface area contributed by atoms with Gasteiger partial charge in [0.05, 0.1) is 7.11 Å². The first-order chi connectivity index (χ1) is 9.63. The third-order valence-electron chi connectivity index (χ3n) is 4.01. The van der Waals surface area contributed by atoms with E-state index in [2.05, 4.69) is 5.32 Å². The number of nitrogens with one attached hydrogen (secondary N) is 1. The fourth-order valence-corrected chi connectivity index (χ4v) is 2.85. The summed E-state index contributed by atoms with van der Waals surface area (Å²) in [6.07, 6.45) is 3.99. The number of esters is 1. The first-order valence-electron chi connectivity index (χ1n) is 7.08. The number of rotatable bonds is 4. The van der Waals surface area contributed by atoms with E-state index in [1.165, 1.54) is 7.11 Å². The lowest BCUT2D eigenvalue weighted by atomic mass is 9.90. The Labute approximate surface area is 119 Å². The second kappa shape index (κ2) is 6.55. The third-order valence-corrected chi connectivity index (χ3v) is 4.01. The lowest BCUT2D eigenvalue weighted by Crippen LogP contribution is -2.35. The van der Waals surface area contributed by atoms with Crippen LogP contribution in [-0.2, 0) is 14.3 Å². The van der Waals surface area contributed by atoms with Crippen molar-refractivity contribution in [3.8, 4) is 0 Å². The molecular formula is C16H21NO3. The topological polar surface area (TPSA) is 55.4 Å². The smallest absolute Gasteiger partial charge is 0.318 e. The molecule has 1 amide bonds. The number of anilines is 1. The largest absolute Gasteiger partial charge is 0.468 e. The maximum atomic E-state index is 12.4. The van der Waals surface area contributed by atoms with Crippen molar-refractivity contribution in [2.75, 3.05) is 12.4 Å². The number of carbonyl (C=O) groups excluding carboxylic acids is 2. The summed E-state index contributed by atoms with van der Waals surface area (Å²) in [5.74, 6) is -1.27. The van der Waals surface area contributed by atoms with Gasteiger partial charge < -0.3 is 10.1 Å². The Morgan fingerprint density at radius 3 is 2.50 bits per heavy atom. The summed E-state index contributed by atoms with van der Waals surface area (Å²) in [5.41, 5.74) is 1.74. The van der Waals surface area contributed by atoms with Crippen LogP contribution in [0, 0.1) is 18.8 Å². The fraction of sp³-hybridized carbons (Fsp3) is 0.500. The number of ether oxygens (including phenoxy) is 1. The molecule has 1 aromatic rings. The number of hydrogen-bond donors (Lipinski definition) is 1. The monoisotopic (exact) mass is 275 g/mol. The van der Waals surface area contributed by atoms with Crippen LogP contribution in [0.1, 0.15) is 31.2 Å². The molecule has 1 N–H and O–H groups in total. The summed E-state index contributed by atoms with van der Waals surface area (Å²) in [6, 6.07) is 7.56. The Bertz CT molecular complexity index is 492. The minimum Gasteiger partial charge on any atom is -0.468 e. The molecule has 4 heteroatoms. The molecule has 1 saturated carbocycles. The minimum atomic E-state index is -0.692. The zero-order valence-corrected chi connectivity index (χ0v) is 12.0. The normalized spacial score (nSPS) is 16.7. The van der Waals surface area contributed by atoms with Crippen LogP contribution < -0.4 is 5.32 Å². The fourth-order valence-electron chi connectivity index (χ4n) is 2.85. The lowest BCUT2D eigenvalue weighted by Gasteiger charge is -2.20. The van der Waals surface area contributed by atoms with Crippen molar-refractivity contribution in [1.29, 1.82) is 0 Å². The SMILES string of the molecule is COC(=O)[C@H](C(=O)Nc1ccccc1C)C1CCCC1. The molecule has 20 heavy (non-hydrogen) atoms. The number of carbonyl (C=O) groups is 2. The molecule has 1 aliphatic carbocycles. The minimum absolute atomic E-state index is 0.103. The molecule has 0 saturated heterocycles. The molecule has 1 aromatic carbocycles. The van der Waals surface area contributed by atoms with Crippen molar-refractivity contribution in [2.24, 2.45) is 11.8 Å². The molecule has 4 nitrogen and oxygen atoms in total. The van der Waals surface area contributed by atoms with Gasteiger partial charge in [-0.05, 0) is 37.3 Å². The van der Waals surface area contributed by atoms with Crippen molar-refractivity contribution in [1.82, 2.24) is 0 Å². The summed E-state index contributed by atoms with van der Waals surface area (Å²) in [5, 5.41) is 2.86. The molecule has 1 fully saturated rings. The molecule has 108 valence electrons. The van der Waals surface area contributed by atoms with Crippen LogP contribution in [-0.4, -0.2) is 19.0 Å². The van der Waals surface area contributed by atoms with E-state index < -0.39 is 11.9 Å². The van der Waals surface area contributed by atoms with Crippen LogP contribution in [0.4, 0.5) is 5.69 Å². The van der Waals surface area contributed by atoms with Crippen molar-refractivity contribution in [3.05, 3.63) is 29.8 Å². The summed E-state index contributed by atoms with van der Waals surface area (Å²) in [4.78, 5) is 24.4. The quantitative estimate of drug-likeness (QED) is 0.679. The molecule has 0 radical (unpaired) electrons. The second-order valence-electron chi connectivity index (χ2n) is 5.35. The third kappa shape index (κ3) is 3.18. The van der Waals surface area contributed by atoms with Gasteiger partial charge in [-0.1, -0.05) is 31.0 Å². The van der Waals surface area contributed by atoms with Gasteiger partial charge in [-0.25, -0.2) is 0 Å². The number of benzene rings is 1. The van der Waals surface area contributed by atoms with Crippen molar-refractivity contribution >= 4 is 17.6 Å². The number of aryl methyl sites for hydroxylation is 1. The van der Waals surface area contributed by atoms with E-state index in [0.29, 0.717) is 0 Å². The molecular weight excluding hydrogens is 254 g/mol. The number of amides is 1. The zero-order valence-electron chi connectivity index (χ0n) is 12.0. The predicted molar refractivity (Wildman–Crippen MR) is 77.3 cm³/mol. The molecule has 0 heterocycles. The Morgan fingerprint density at radius 2 is 1.90 bits per heavy atom. The number of hydrogen-bond acceptors (Lipinski definition) is 3. The van der Waals surface area contributed by atoms with Gasteiger partial charge in [-0.2, -0.15) is 0 Å². The molecule has 2 rings (SSSR count). The van der Waals surface area contributed by atoms with E-state index in [1.54, 1.807) is 0 Å². The van der Waals surface area contributed by atoms with Gasteiger partial charge in [0.2, 0.25) is 5.91 Å². The standard InChI is InChI=1S/C16H21NO3/c1-11-7-3-6-10-13(11)17-15(18)14(16(19)20-2)12-8-4-5-9-12/h3,6-7,10,12,14H,4-5,8-9H2,1-2H3,(H,17,18)/t14-/m0/s1. The van der Waals surface area contributed by atoms with Gasteiger partial charge in [0.15, 0.2) is 0 Å². The number of methoxy groups -OCH3 is 1. The van der Waals surface area contributed by atoms with Crippen LogP contribution >= 0.6 is 0 Å². The Hall–Kier alpha value is -1.84. The van der Waals surface area contributed by atoms with Crippen LogP contribution in [0.3, 0.4) is 0 Å². The Morgan fingerprint density at radius 1 is 1.25 bits per heavy atom. The lowest BCUT2D eigenvalue weighted by molar-refractivity contribution is -0.150. The first kappa shape index (κ1) is 14.6. The van der Waals surface area contributed by atoms with Crippen LogP contribution in [0.2, 0.25) is 0 Å². The van der Waals surface area contributed by atoms with Gasteiger partial charge in [0.25, 0.3) is 0 Å². The highest BCUT2D eigenvalue weighted by molar-refractivity contribution is 6.05.